The molecule has 1 saturated carbocycles. The number of anilines is 1. The van der Waals surface area contributed by atoms with Crippen molar-refractivity contribution in [3.8, 4) is 5.75 Å². The van der Waals surface area contributed by atoms with Crippen LogP contribution in [0.25, 0.3) is 0 Å². The molecule has 0 spiro atoms. The van der Waals surface area contributed by atoms with Crippen molar-refractivity contribution in [3.05, 3.63) is 24.3 Å². The summed E-state index contributed by atoms with van der Waals surface area (Å²) in [5.41, 5.74) is 0.657. The minimum Gasteiger partial charge on any atom is -0.497 e. The second kappa shape index (κ2) is 7.19. The first kappa shape index (κ1) is 16.6. The van der Waals surface area contributed by atoms with E-state index in [1.54, 1.807) is 31.4 Å². The smallest absolute Gasteiger partial charge is 0.412 e. The highest BCUT2D eigenvalue weighted by Gasteiger charge is 2.51. The van der Waals surface area contributed by atoms with Crippen molar-refractivity contribution in [1.29, 1.82) is 0 Å². The van der Waals surface area contributed by atoms with Crippen LogP contribution < -0.4 is 15.4 Å². The largest absolute Gasteiger partial charge is 0.497 e. The van der Waals surface area contributed by atoms with Crippen LogP contribution in [0.5, 0.6) is 5.75 Å². The van der Waals surface area contributed by atoms with Gasteiger partial charge >= 0.3 is 6.09 Å². The highest BCUT2D eigenvalue weighted by molar-refractivity contribution is 5.84. The van der Waals surface area contributed by atoms with Crippen LogP contribution in [0, 0.1) is 5.92 Å². The molecule has 3 fully saturated rings. The average Bonchev–Trinajstić information content (AvgIpc) is 3.24. The Kier molecular flexibility index (Phi) is 4.78. The lowest BCUT2D eigenvalue weighted by atomic mass is 10.1. The molecule has 2 heterocycles. The van der Waals surface area contributed by atoms with Gasteiger partial charge in [-0.1, -0.05) is 0 Å². The van der Waals surface area contributed by atoms with Gasteiger partial charge < -0.3 is 24.3 Å². The van der Waals surface area contributed by atoms with Crippen molar-refractivity contribution in [2.24, 2.45) is 5.92 Å². The molecule has 4 atom stereocenters. The first-order valence-corrected chi connectivity index (χ1v) is 8.91. The van der Waals surface area contributed by atoms with E-state index in [-0.39, 0.29) is 18.3 Å². The fourth-order valence-corrected chi connectivity index (χ4v) is 3.48. The Bertz CT molecular complexity index is 604. The van der Waals surface area contributed by atoms with Crippen LogP contribution in [0.1, 0.15) is 12.8 Å². The van der Waals surface area contributed by atoms with Crippen molar-refractivity contribution in [2.45, 2.75) is 37.2 Å². The minimum atomic E-state index is -0.492. The zero-order chi connectivity index (χ0) is 17.2. The number of nitrogens with one attached hydrogen (secondary N) is 1. The number of methoxy groups -OCH3 is 1. The van der Waals surface area contributed by atoms with E-state index in [2.05, 4.69) is 10.6 Å². The molecule has 0 bridgehead atoms. The summed E-state index contributed by atoms with van der Waals surface area (Å²) in [5.74, 6) is 1.60. The third kappa shape index (κ3) is 3.89. The van der Waals surface area contributed by atoms with Crippen LogP contribution in [0.2, 0.25) is 0 Å². The van der Waals surface area contributed by atoms with Crippen LogP contribution in [-0.2, 0) is 14.2 Å². The fraction of sp³-hybridized carbons (Fsp3) is 0.611. The Morgan fingerprint density at radius 2 is 1.96 bits per heavy atom. The molecule has 7 nitrogen and oxygen atoms in total. The zero-order valence-electron chi connectivity index (χ0n) is 14.4. The maximum atomic E-state index is 12.1. The Balaban J connectivity index is 1.27. The molecular formula is C18H25N2O5+. The van der Waals surface area contributed by atoms with Gasteiger partial charge in [-0.15, -0.1) is 0 Å². The Morgan fingerprint density at radius 3 is 2.68 bits per heavy atom. The maximum Gasteiger partial charge on any atom is 0.412 e. The molecule has 25 heavy (non-hydrogen) atoms. The van der Waals surface area contributed by atoms with Crippen molar-refractivity contribution in [1.82, 2.24) is 0 Å². The minimum absolute atomic E-state index is 0.0116. The number of hydrogen-bond donors (Lipinski definition) is 2. The molecule has 3 N–H and O–H groups in total. The van der Waals surface area contributed by atoms with Gasteiger partial charge in [0, 0.05) is 11.6 Å². The second-order valence-electron chi connectivity index (χ2n) is 6.97. The Morgan fingerprint density at radius 1 is 1.20 bits per heavy atom. The molecule has 1 aromatic rings. The molecule has 1 aromatic carbocycles. The SMILES string of the molecule is COc1ccc(NC(=O)O[C@@H]2CO[C@H]3[C@@H]2OC[C@@H]3[NH2+]CC2CC2)cc1. The van der Waals surface area contributed by atoms with Crippen LogP contribution >= 0.6 is 0 Å². The van der Waals surface area contributed by atoms with Gasteiger partial charge in [0.2, 0.25) is 0 Å². The summed E-state index contributed by atoms with van der Waals surface area (Å²) in [5, 5.41) is 5.06. The summed E-state index contributed by atoms with van der Waals surface area (Å²) >= 11 is 0. The number of hydrogen-bond acceptors (Lipinski definition) is 5. The molecule has 1 aliphatic carbocycles. The van der Waals surface area contributed by atoms with Gasteiger partial charge in [0.25, 0.3) is 0 Å². The molecule has 0 radical (unpaired) electrons. The van der Waals surface area contributed by atoms with E-state index in [0.29, 0.717) is 24.9 Å². The predicted octanol–water partition coefficient (Wildman–Crippen LogP) is 0.752. The summed E-state index contributed by atoms with van der Waals surface area (Å²) in [7, 11) is 1.60. The number of quaternary nitrogens is 1. The number of rotatable bonds is 6. The van der Waals surface area contributed by atoms with Crippen LogP contribution in [0.4, 0.5) is 10.5 Å². The normalized spacial score (nSPS) is 30.8. The molecule has 0 unspecified atom stereocenters. The number of fused-ring (bicyclic) bond motifs is 1. The number of ether oxygens (including phenoxy) is 4. The standard InChI is InChI=1S/C18H24N2O5/c1-22-13-6-4-12(5-7-13)20-18(21)25-15-10-24-16-14(9-23-17(15)16)19-8-11-2-3-11/h4-7,11,14-17,19H,2-3,8-10H2,1H3,(H,20,21)/p+1/t14-,15+,16+,17+/m0/s1. The van der Waals surface area contributed by atoms with Crippen LogP contribution in [-0.4, -0.2) is 57.3 Å². The van der Waals surface area contributed by atoms with E-state index in [0.717, 1.165) is 18.2 Å². The number of carbonyl (C=O) groups is 1. The molecule has 3 aliphatic rings. The first-order valence-electron chi connectivity index (χ1n) is 8.91. The van der Waals surface area contributed by atoms with Gasteiger partial charge in [0.1, 0.15) is 30.6 Å². The van der Waals surface area contributed by atoms with Crippen molar-refractivity contribution < 1.29 is 29.1 Å². The molecule has 1 amide bonds. The van der Waals surface area contributed by atoms with E-state index < -0.39 is 6.09 Å². The Hall–Kier alpha value is -1.83. The highest BCUT2D eigenvalue weighted by atomic mass is 16.6. The van der Waals surface area contributed by atoms with Crippen molar-refractivity contribution in [2.75, 3.05) is 32.2 Å². The predicted molar refractivity (Wildman–Crippen MR) is 89.7 cm³/mol. The summed E-state index contributed by atoms with van der Waals surface area (Å²) in [4.78, 5) is 12.1. The van der Waals surface area contributed by atoms with Gasteiger partial charge in [-0.05, 0) is 37.1 Å². The van der Waals surface area contributed by atoms with E-state index in [9.17, 15) is 4.79 Å². The Labute approximate surface area is 147 Å². The number of benzene rings is 1. The number of amides is 1. The topological polar surface area (TPSA) is 82.6 Å². The lowest BCUT2D eigenvalue weighted by molar-refractivity contribution is -0.695. The van der Waals surface area contributed by atoms with Crippen LogP contribution in [0.15, 0.2) is 24.3 Å². The van der Waals surface area contributed by atoms with Crippen molar-refractivity contribution >= 4 is 11.8 Å². The molecule has 4 rings (SSSR count). The van der Waals surface area contributed by atoms with Crippen LogP contribution in [0.3, 0.4) is 0 Å². The van der Waals surface area contributed by atoms with E-state index in [1.807, 2.05) is 0 Å². The summed E-state index contributed by atoms with van der Waals surface area (Å²) in [6.07, 6.45) is 1.68. The number of nitrogens with two attached hydrogens (primary N) is 1. The third-order valence-corrected chi connectivity index (χ3v) is 5.11. The first-order chi connectivity index (χ1) is 12.2. The van der Waals surface area contributed by atoms with E-state index in [1.165, 1.54) is 12.8 Å². The average molecular weight is 349 g/mol. The number of carbonyl (C=O) groups excluding carboxylic acids is 1. The van der Waals surface area contributed by atoms with Gasteiger partial charge in [-0.3, -0.25) is 5.32 Å². The monoisotopic (exact) mass is 349 g/mol. The van der Waals surface area contributed by atoms with Gasteiger partial charge in [-0.2, -0.15) is 0 Å². The summed E-state index contributed by atoms with van der Waals surface area (Å²) < 4.78 is 22.3. The van der Waals surface area contributed by atoms with E-state index in [4.69, 9.17) is 18.9 Å². The molecule has 0 aromatic heterocycles. The molecule has 2 saturated heterocycles. The van der Waals surface area contributed by atoms with Gasteiger partial charge in [0.15, 0.2) is 6.10 Å². The van der Waals surface area contributed by atoms with Crippen molar-refractivity contribution in [3.63, 3.8) is 0 Å². The second-order valence-corrected chi connectivity index (χ2v) is 6.97. The molecule has 7 heteroatoms. The lowest BCUT2D eigenvalue weighted by Gasteiger charge is -2.17. The summed E-state index contributed by atoms with van der Waals surface area (Å²) in [6.45, 7) is 2.19. The molecule has 136 valence electrons. The molecular weight excluding hydrogens is 324 g/mol. The van der Waals surface area contributed by atoms with E-state index >= 15 is 0 Å². The maximum absolute atomic E-state index is 12.1. The molecule has 2 aliphatic heterocycles. The highest BCUT2D eigenvalue weighted by Crippen LogP contribution is 2.29. The lowest BCUT2D eigenvalue weighted by Crippen LogP contribution is -2.93. The third-order valence-electron chi connectivity index (χ3n) is 5.11. The van der Waals surface area contributed by atoms with Gasteiger partial charge in [-0.25, -0.2) is 4.79 Å². The summed E-state index contributed by atoms with van der Waals surface area (Å²) in [6, 6.07) is 7.41. The zero-order valence-corrected chi connectivity index (χ0v) is 14.4. The van der Waals surface area contributed by atoms with Gasteiger partial charge in [0.05, 0.1) is 20.3 Å². The fourth-order valence-electron chi connectivity index (χ4n) is 3.48. The quantitative estimate of drug-likeness (QED) is 0.792.